The molecule has 1 heterocycles. The summed E-state index contributed by atoms with van der Waals surface area (Å²) in [6.07, 6.45) is 7.85. The molecule has 1 aliphatic rings. The van der Waals surface area contributed by atoms with Gasteiger partial charge in [0, 0.05) is 19.2 Å². The molecule has 1 aliphatic heterocycles. The van der Waals surface area contributed by atoms with E-state index in [0.717, 1.165) is 31.7 Å². The molecule has 1 fully saturated rings. The summed E-state index contributed by atoms with van der Waals surface area (Å²) >= 11 is 0. The Balaban J connectivity index is 2.09. The van der Waals surface area contributed by atoms with Gasteiger partial charge >= 0.3 is 0 Å². The van der Waals surface area contributed by atoms with Gasteiger partial charge in [-0.05, 0) is 31.6 Å². The van der Waals surface area contributed by atoms with Crippen molar-refractivity contribution in [1.29, 1.82) is 0 Å². The van der Waals surface area contributed by atoms with Crippen molar-refractivity contribution in [2.45, 2.75) is 58.4 Å². The van der Waals surface area contributed by atoms with Crippen LogP contribution in [0.4, 0.5) is 0 Å². The standard InChI is InChI=1S/C13H27NO/c1-3-5-8-13(4-2)14-10-12-7-6-9-15-11-12/h12-14H,3-11H2,1-2H3. The first-order valence-electron chi connectivity index (χ1n) is 6.68. The zero-order valence-corrected chi connectivity index (χ0v) is 10.4. The van der Waals surface area contributed by atoms with E-state index in [4.69, 9.17) is 4.74 Å². The van der Waals surface area contributed by atoms with Crippen LogP contribution in [0.3, 0.4) is 0 Å². The fourth-order valence-electron chi connectivity index (χ4n) is 2.20. The Labute approximate surface area is 94.8 Å². The van der Waals surface area contributed by atoms with E-state index in [-0.39, 0.29) is 0 Å². The molecule has 0 aliphatic carbocycles. The minimum absolute atomic E-state index is 0.729. The lowest BCUT2D eigenvalue weighted by Crippen LogP contribution is -2.35. The Morgan fingerprint density at radius 1 is 1.40 bits per heavy atom. The second kappa shape index (κ2) is 8.12. The second-order valence-electron chi connectivity index (χ2n) is 4.74. The number of unbranched alkanes of at least 4 members (excludes halogenated alkanes) is 1. The number of nitrogens with one attached hydrogen (secondary N) is 1. The van der Waals surface area contributed by atoms with Crippen molar-refractivity contribution in [3.05, 3.63) is 0 Å². The molecule has 2 atom stereocenters. The van der Waals surface area contributed by atoms with Crippen LogP contribution in [0.1, 0.15) is 52.4 Å². The molecule has 0 aromatic carbocycles. The smallest absolute Gasteiger partial charge is 0.0506 e. The summed E-state index contributed by atoms with van der Waals surface area (Å²) in [5, 5.41) is 3.69. The molecule has 0 bridgehead atoms. The molecule has 0 amide bonds. The Bertz CT molecular complexity index is 143. The van der Waals surface area contributed by atoms with Gasteiger partial charge in [0.15, 0.2) is 0 Å². The van der Waals surface area contributed by atoms with E-state index in [2.05, 4.69) is 19.2 Å². The van der Waals surface area contributed by atoms with Crippen LogP contribution >= 0.6 is 0 Å². The zero-order chi connectivity index (χ0) is 10.9. The highest BCUT2D eigenvalue weighted by Crippen LogP contribution is 2.13. The lowest BCUT2D eigenvalue weighted by molar-refractivity contribution is 0.0536. The molecule has 0 aromatic heterocycles. The van der Waals surface area contributed by atoms with Gasteiger partial charge in [-0.25, -0.2) is 0 Å². The Hall–Kier alpha value is -0.0800. The fourth-order valence-corrected chi connectivity index (χ4v) is 2.20. The van der Waals surface area contributed by atoms with Gasteiger partial charge in [-0.2, -0.15) is 0 Å². The first kappa shape index (κ1) is 13.0. The van der Waals surface area contributed by atoms with Gasteiger partial charge in [0.1, 0.15) is 0 Å². The number of hydrogen-bond acceptors (Lipinski definition) is 2. The molecule has 90 valence electrons. The molecular weight excluding hydrogens is 186 g/mol. The van der Waals surface area contributed by atoms with Crippen molar-refractivity contribution in [2.24, 2.45) is 5.92 Å². The van der Waals surface area contributed by atoms with Gasteiger partial charge in [-0.3, -0.25) is 0 Å². The van der Waals surface area contributed by atoms with Crippen molar-refractivity contribution >= 4 is 0 Å². The molecule has 1 saturated heterocycles. The van der Waals surface area contributed by atoms with Crippen LogP contribution in [-0.4, -0.2) is 25.8 Å². The van der Waals surface area contributed by atoms with E-state index in [9.17, 15) is 0 Å². The monoisotopic (exact) mass is 213 g/mol. The van der Waals surface area contributed by atoms with Crippen molar-refractivity contribution in [1.82, 2.24) is 5.32 Å². The average molecular weight is 213 g/mol. The van der Waals surface area contributed by atoms with Crippen molar-refractivity contribution < 1.29 is 4.74 Å². The van der Waals surface area contributed by atoms with Gasteiger partial charge in [-0.1, -0.05) is 26.7 Å². The summed E-state index contributed by atoms with van der Waals surface area (Å²) in [6.45, 7) is 7.65. The molecule has 2 nitrogen and oxygen atoms in total. The average Bonchev–Trinajstić information content (AvgIpc) is 2.31. The molecule has 0 spiro atoms. The minimum Gasteiger partial charge on any atom is -0.381 e. The van der Waals surface area contributed by atoms with Crippen LogP contribution in [0, 0.1) is 5.92 Å². The molecule has 2 unspecified atom stereocenters. The maximum atomic E-state index is 5.49. The Kier molecular flexibility index (Phi) is 7.03. The van der Waals surface area contributed by atoms with E-state index in [1.807, 2.05) is 0 Å². The van der Waals surface area contributed by atoms with Gasteiger partial charge in [0.25, 0.3) is 0 Å². The maximum Gasteiger partial charge on any atom is 0.0506 e. The molecule has 1 N–H and O–H groups in total. The van der Waals surface area contributed by atoms with Crippen molar-refractivity contribution in [3.63, 3.8) is 0 Å². The summed E-state index contributed by atoms with van der Waals surface area (Å²) in [5.41, 5.74) is 0. The van der Waals surface area contributed by atoms with Gasteiger partial charge < -0.3 is 10.1 Å². The summed E-state index contributed by atoms with van der Waals surface area (Å²) in [5.74, 6) is 0.759. The quantitative estimate of drug-likeness (QED) is 0.702. The summed E-state index contributed by atoms with van der Waals surface area (Å²) in [6, 6.07) is 0.729. The Morgan fingerprint density at radius 3 is 2.87 bits per heavy atom. The molecule has 1 rings (SSSR count). The molecule has 0 saturated carbocycles. The second-order valence-corrected chi connectivity index (χ2v) is 4.74. The third-order valence-electron chi connectivity index (χ3n) is 3.35. The van der Waals surface area contributed by atoms with Crippen LogP contribution in [0.15, 0.2) is 0 Å². The zero-order valence-electron chi connectivity index (χ0n) is 10.4. The van der Waals surface area contributed by atoms with Crippen molar-refractivity contribution in [2.75, 3.05) is 19.8 Å². The highest BCUT2D eigenvalue weighted by molar-refractivity contribution is 4.70. The van der Waals surface area contributed by atoms with E-state index >= 15 is 0 Å². The molecule has 2 heteroatoms. The van der Waals surface area contributed by atoms with E-state index < -0.39 is 0 Å². The largest absolute Gasteiger partial charge is 0.381 e. The molecule has 0 aromatic rings. The van der Waals surface area contributed by atoms with E-state index in [0.29, 0.717) is 0 Å². The molecule has 0 radical (unpaired) electrons. The first-order valence-corrected chi connectivity index (χ1v) is 6.68. The summed E-state index contributed by atoms with van der Waals surface area (Å²) in [4.78, 5) is 0. The van der Waals surface area contributed by atoms with Crippen LogP contribution < -0.4 is 5.32 Å². The van der Waals surface area contributed by atoms with Crippen LogP contribution in [0.2, 0.25) is 0 Å². The van der Waals surface area contributed by atoms with Gasteiger partial charge in [0.05, 0.1) is 6.61 Å². The Morgan fingerprint density at radius 2 is 2.27 bits per heavy atom. The lowest BCUT2D eigenvalue weighted by atomic mass is 10.0. The topological polar surface area (TPSA) is 21.3 Å². The fraction of sp³-hybridized carbons (Fsp3) is 1.00. The number of hydrogen-bond donors (Lipinski definition) is 1. The van der Waals surface area contributed by atoms with E-state index in [1.165, 1.54) is 38.5 Å². The summed E-state index contributed by atoms with van der Waals surface area (Å²) < 4.78 is 5.49. The highest BCUT2D eigenvalue weighted by atomic mass is 16.5. The maximum absolute atomic E-state index is 5.49. The SMILES string of the molecule is CCCCC(CC)NCC1CCCOC1. The predicted octanol–water partition coefficient (Wildman–Crippen LogP) is 2.97. The van der Waals surface area contributed by atoms with Crippen molar-refractivity contribution in [3.8, 4) is 0 Å². The first-order chi connectivity index (χ1) is 7.36. The number of rotatable bonds is 7. The van der Waals surface area contributed by atoms with Crippen LogP contribution in [-0.2, 0) is 4.74 Å². The third kappa shape index (κ3) is 5.53. The van der Waals surface area contributed by atoms with Crippen LogP contribution in [0.25, 0.3) is 0 Å². The van der Waals surface area contributed by atoms with Gasteiger partial charge in [0.2, 0.25) is 0 Å². The van der Waals surface area contributed by atoms with E-state index in [1.54, 1.807) is 0 Å². The summed E-state index contributed by atoms with van der Waals surface area (Å²) in [7, 11) is 0. The lowest BCUT2D eigenvalue weighted by Gasteiger charge is -2.25. The molecule has 15 heavy (non-hydrogen) atoms. The third-order valence-corrected chi connectivity index (χ3v) is 3.35. The minimum atomic E-state index is 0.729. The van der Waals surface area contributed by atoms with Crippen LogP contribution in [0.5, 0.6) is 0 Å². The highest BCUT2D eigenvalue weighted by Gasteiger charge is 2.15. The number of ether oxygens (including phenoxy) is 1. The van der Waals surface area contributed by atoms with Gasteiger partial charge in [-0.15, -0.1) is 0 Å². The molecular formula is C13H27NO. The predicted molar refractivity (Wildman–Crippen MR) is 65.1 cm³/mol. The normalized spacial score (nSPS) is 24.0.